The van der Waals surface area contributed by atoms with Crippen LogP contribution in [0.5, 0.6) is 11.5 Å². The number of hydrogen-bond acceptors (Lipinski definition) is 4. The third kappa shape index (κ3) is 3.07. The average molecular weight is 339 g/mol. The largest absolute Gasteiger partial charge is 0.493 e. The summed E-state index contributed by atoms with van der Waals surface area (Å²) in [4.78, 5) is 2.45. The summed E-state index contributed by atoms with van der Waals surface area (Å²) in [5.74, 6) is 1.54. The van der Waals surface area contributed by atoms with Crippen molar-refractivity contribution in [3.8, 4) is 11.5 Å². The lowest BCUT2D eigenvalue weighted by molar-refractivity contribution is 0.0695. The van der Waals surface area contributed by atoms with E-state index in [1.54, 1.807) is 14.2 Å². The highest BCUT2D eigenvalue weighted by Gasteiger charge is 2.25. The van der Waals surface area contributed by atoms with Crippen LogP contribution in [-0.4, -0.2) is 33.9 Å². The highest BCUT2D eigenvalue weighted by molar-refractivity contribution is 5.53. The van der Waals surface area contributed by atoms with Gasteiger partial charge in [0.1, 0.15) is 6.10 Å². The Labute approximate surface area is 149 Å². The van der Waals surface area contributed by atoms with E-state index in [2.05, 4.69) is 41.3 Å². The minimum absolute atomic E-state index is 0.0452. The first-order valence-electron chi connectivity index (χ1n) is 9.01. The van der Waals surface area contributed by atoms with E-state index in [4.69, 9.17) is 14.2 Å². The van der Waals surface area contributed by atoms with Gasteiger partial charge >= 0.3 is 0 Å². The molecule has 2 aromatic rings. The van der Waals surface area contributed by atoms with Gasteiger partial charge in [0.25, 0.3) is 0 Å². The van der Waals surface area contributed by atoms with Crippen molar-refractivity contribution in [2.45, 2.75) is 25.4 Å². The molecule has 1 atom stereocenters. The lowest BCUT2D eigenvalue weighted by Gasteiger charge is -2.28. The molecule has 0 spiro atoms. The van der Waals surface area contributed by atoms with Gasteiger partial charge in [0.05, 0.1) is 20.8 Å². The van der Waals surface area contributed by atoms with Crippen molar-refractivity contribution in [2.24, 2.45) is 0 Å². The number of anilines is 1. The van der Waals surface area contributed by atoms with Crippen molar-refractivity contribution >= 4 is 5.69 Å². The minimum Gasteiger partial charge on any atom is -0.493 e. The van der Waals surface area contributed by atoms with E-state index in [0.29, 0.717) is 0 Å². The number of rotatable bonds is 4. The van der Waals surface area contributed by atoms with Crippen LogP contribution in [0, 0.1) is 0 Å². The van der Waals surface area contributed by atoms with Crippen LogP contribution < -0.4 is 14.4 Å². The van der Waals surface area contributed by atoms with E-state index in [0.717, 1.165) is 24.5 Å². The summed E-state index contributed by atoms with van der Waals surface area (Å²) in [6.07, 6.45) is 3.44. The molecule has 0 bridgehead atoms. The van der Waals surface area contributed by atoms with Crippen LogP contribution >= 0.6 is 0 Å². The van der Waals surface area contributed by atoms with E-state index in [1.165, 1.54) is 48.3 Å². The first-order valence-corrected chi connectivity index (χ1v) is 9.01. The van der Waals surface area contributed by atoms with Crippen LogP contribution in [-0.2, 0) is 11.2 Å². The third-order valence-electron chi connectivity index (χ3n) is 5.25. The number of benzene rings is 2. The van der Waals surface area contributed by atoms with Gasteiger partial charge < -0.3 is 19.1 Å². The van der Waals surface area contributed by atoms with Crippen molar-refractivity contribution in [1.29, 1.82) is 0 Å². The lowest BCUT2D eigenvalue weighted by atomic mass is 9.92. The van der Waals surface area contributed by atoms with Crippen LogP contribution in [0.4, 0.5) is 5.69 Å². The van der Waals surface area contributed by atoms with Crippen molar-refractivity contribution in [1.82, 2.24) is 0 Å². The zero-order chi connectivity index (χ0) is 17.2. The summed E-state index contributed by atoms with van der Waals surface area (Å²) in [6.45, 7) is 3.05. The van der Waals surface area contributed by atoms with Crippen molar-refractivity contribution in [2.75, 3.05) is 38.8 Å². The van der Waals surface area contributed by atoms with E-state index in [1.807, 2.05) is 0 Å². The molecule has 1 saturated heterocycles. The maximum Gasteiger partial charge on any atom is 0.161 e. The van der Waals surface area contributed by atoms with Crippen molar-refractivity contribution in [3.05, 3.63) is 53.1 Å². The van der Waals surface area contributed by atoms with Crippen LogP contribution in [0.3, 0.4) is 0 Å². The predicted molar refractivity (Wildman–Crippen MR) is 98.9 cm³/mol. The third-order valence-corrected chi connectivity index (χ3v) is 5.25. The molecule has 25 heavy (non-hydrogen) atoms. The molecule has 0 saturated carbocycles. The topological polar surface area (TPSA) is 30.9 Å². The normalized spacial score (nSPS) is 19.6. The van der Waals surface area contributed by atoms with E-state index < -0.39 is 0 Å². The van der Waals surface area contributed by atoms with Gasteiger partial charge in [0, 0.05) is 18.8 Å². The summed E-state index contributed by atoms with van der Waals surface area (Å²) >= 11 is 0. The van der Waals surface area contributed by atoms with Gasteiger partial charge in [0.15, 0.2) is 11.5 Å². The summed E-state index contributed by atoms with van der Waals surface area (Å²) < 4.78 is 17.0. The molecule has 2 aromatic carbocycles. The second-order valence-corrected chi connectivity index (χ2v) is 6.69. The Hall–Kier alpha value is -2.20. The molecule has 0 aromatic heterocycles. The fraction of sp³-hybridized carbons (Fsp3) is 0.429. The van der Waals surface area contributed by atoms with Gasteiger partial charge in [0.2, 0.25) is 0 Å². The van der Waals surface area contributed by atoms with Crippen LogP contribution in [0.1, 0.15) is 35.6 Å². The van der Waals surface area contributed by atoms with Gasteiger partial charge in [-0.3, -0.25) is 0 Å². The summed E-state index contributed by atoms with van der Waals surface area (Å²) in [5.41, 5.74) is 4.95. The molecule has 4 heteroatoms. The number of nitrogens with zero attached hydrogens (tertiary/aromatic N) is 1. The van der Waals surface area contributed by atoms with Crippen LogP contribution in [0.15, 0.2) is 36.4 Å². The molecule has 4 nitrogen and oxygen atoms in total. The maximum absolute atomic E-state index is 6.12. The minimum atomic E-state index is -0.0452. The summed E-state index contributed by atoms with van der Waals surface area (Å²) in [5, 5.41) is 0. The first kappa shape index (κ1) is 16.3. The van der Waals surface area contributed by atoms with Gasteiger partial charge in [-0.1, -0.05) is 12.1 Å². The van der Waals surface area contributed by atoms with Crippen LogP contribution in [0.25, 0.3) is 0 Å². The van der Waals surface area contributed by atoms with Gasteiger partial charge in [-0.25, -0.2) is 0 Å². The van der Waals surface area contributed by atoms with Crippen LogP contribution in [0.2, 0.25) is 0 Å². The molecule has 0 aliphatic carbocycles. The van der Waals surface area contributed by atoms with Gasteiger partial charge in [-0.2, -0.15) is 0 Å². The highest BCUT2D eigenvalue weighted by Crippen LogP contribution is 2.40. The number of methoxy groups -OCH3 is 2. The fourth-order valence-corrected chi connectivity index (χ4v) is 3.88. The molecule has 2 aliphatic rings. The van der Waals surface area contributed by atoms with E-state index >= 15 is 0 Å². The van der Waals surface area contributed by atoms with Crippen molar-refractivity contribution in [3.63, 3.8) is 0 Å². The highest BCUT2D eigenvalue weighted by atomic mass is 16.5. The standard InChI is InChI=1S/C21H25NO3/c1-23-19-13-16-9-12-25-21(18(16)14-20(19)24-2)15-5-7-17(8-6-15)22-10-3-4-11-22/h5-8,13-14,21H,3-4,9-12H2,1-2H3. The maximum atomic E-state index is 6.12. The Morgan fingerprint density at radius 3 is 2.32 bits per heavy atom. The predicted octanol–water partition coefficient (Wildman–Crippen LogP) is 3.97. The molecule has 0 radical (unpaired) electrons. The Bertz CT molecular complexity index is 736. The second kappa shape index (κ2) is 6.96. The Balaban J connectivity index is 1.66. The summed E-state index contributed by atoms with van der Waals surface area (Å²) in [6, 6.07) is 13.0. The van der Waals surface area contributed by atoms with Gasteiger partial charge in [-0.15, -0.1) is 0 Å². The van der Waals surface area contributed by atoms with Crippen molar-refractivity contribution < 1.29 is 14.2 Å². The molecule has 1 unspecified atom stereocenters. The monoisotopic (exact) mass is 339 g/mol. The van der Waals surface area contributed by atoms with E-state index in [-0.39, 0.29) is 6.10 Å². The molecule has 1 fully saturated rings. The molecule has 0 amide bonds. The molecule has 2 heterocycles. The molecule has 2 aliphatic heterocycles. The molecule has 132 valence electrons. The fourth-order valence-electron chi connectivity index (χ4n) is 3.88. The zero-order valence-corrected chi connectivity index (χ0v) is 15.0. The van der Waals surface area contributed by atoms with E-state index in [9.17, 15) is 0 Å². The number of hydrogen-bond donors (Lipinski definition) is 0. The Morgan fingerprint density at radius 1 is 0.960 bits per heavy atom. The zero-order valence-electron chi connectivity index (χ0n) is 15.0. The molecular formula is C21H25NO3. The average Bonchev–Trinajstić information content (AvgIpc) is 3.21. The summed E-state index contributed by atoms with van der Waals surface area (Å²) in [7, 11) is 3.35. The second-order valence-electron chi connectivity index (χ2n) is 6.69. The number of ether oxygens (including phenoxy) is 3. The SMILES string of the molecule is COc1cc2c(cc1OC)C(c1ccc(N3CCCC3)cc1)OCC2. The molecule has 4 rings (SSSR count). The molecule has 0 N–H and O–H groups in total. The lowest BCUT2D eigenvalue weighted by Crippen LogP contribution is -2.19. The first-order chi connectivity index (χ1) is 12.3. The Kier molecular flexibility index (Phi) is 4.53. The van der Waals surface area contributed by atoms with Gasteiger partial charge in [-0.05, 0) is 60.2 Å². The smallest absolute Gasteiger partial charge is 0.161 e. The molecular weight excluding hydrogens is 314 g/mol. The Morgan fingerprint density at radius 2 is 1.64 bits per heavy atom. The quantitative estimate of drug-likeness (QED) is 0.843. The number of fused-ring (bicyclic) bond motifs is 1.